The van der Waals surface area contributed by atoms with Gasteiger partial charge in [-0.2, -0.15) is 0 Å². The van der Waals surface area contributed by atoms with Crippen LogP contribution in [-0.4, -0.2) is 20.1 Å². The molecule has 0 bridgehead atoms. The van der Waals surface area contributed by atoms with Gasteiger partial charge in [0.1, 0.15) is 0 Å². The molecule has 2 atom stereocenters. The average Bonchev–Trinajstić information content (AvgIpc) is 3.05. The summed E-state index contributed by atoms with van der Waals surface area (Å²) >= 11 is 0. The van der Waals surface area contributed by atoms with E-state index in [1.807, 2.05) is 7.05 Å². The van der Waals surface area contributed by atoms with Crippen LogP contribution in [-0.2, 0) is 0 Å². The Balaban J connectivity index is 1.69. The SMILES string of the molecule is CNC(C)c1ccc(N2CCC(c3ccccc3)C2)cc1. The van der Waals surface area contributed by atoms with Crippen LogP contribution < -0.4 is 10.2 Å². The standard InChI is InChI=1S/C19H24N2/c1-15(20-2)16-8-10-19(11-9-16)21-13-12-18(14-21)17-6-4-3-5-7-17/h3-11,15,18,20H,12-14H2,1-2H3. The number of nitrogens with zero attached hydrogens (tertiary/aromatic N) is 1. The van der Waals surface area contributed by atoms with Gasteiger partial charge >= 0.3 is 0 Å². The van der Waals surface area contributed by atoms with Gasteiger partial charge < -0.3 is 10.2 Å². The van der Waals surface area contributed by atoms with E-state index in [9.17, 15) is 0 Å². The zero-order chi connectivity index (χ0) is 14.7. The summed E-state index contributed by atoms with van der Waals surface area (Å²) in [5.41, 5.74) is 4.17. The van der Waals surface area contributed by atoms with E-state index in [1.165, 1.54) is 23.2 Å². The topological polar surface area (TPSA) is 15.3 Å². The van der Waals surface area contributed by atoms with Crippen molar-refractivity contribution in [3.63, 3.8) is 0 Å². The Hall–Kier alpha value is -1.80. The highest BCUT2D eigenvalue weighted by atomic mass is 15.1. The summed E-state index contributed by atoms with van der Waals surface area (Å²) in [5.74, 6) is 0.669. The molecule has 1 aliphatic heterocycles. The summed E-state index contributed by atoms with van der Waals surface area (Å²) in [7, 11) is 2.00. The lowest BCUT2D eigenvalue weighted by Gasteiger charge is -2.20. The van der Waals surface area contributed by atoms with Gasteiger partial charge in [-0.3, -0.25) is 0 Å². The second-order valence-corrected chi connectivity index (χ2v) is 5.94. The first-order valence-corrected chi connectivity index (χ1v) is 7.85. The molecule has 1 N–H and O–H groups in total. The summed E-state index contributed by atoms with van der Waals surface area (Å²) in [6.45, 7) is 4.47. The highest BCUT2D eigenvalue weighted by molar-refractivity contribution is 5.50. The Bertz CT molecular complexity index is 562. The molecule has 1 heterocycles. The van der Waals surface area contributed by atoms with E-state index in [0.717, 1.165) is 13.1 Å². The molecular weight excluding hydrogens is 256 g/mol. The minimum absolute atomic E-state index is 0.412. The van der Waals surface area contributed by atoms with Crippen molar-refractivity contribution in [3.05, 3.63) is 65.7 Å². The molecular formula is C19H24N2. The summed E-state index contributed by atoms with van der Waals surface area (Å²) in [4.78, 5) is 2.51. The van der Waals surface area contributed by atoms with Crippen molar-refractivity contribution >= 4 is 5.69 Å². The third-order valence-electron chi connectivity index (χ3n) is 4.65. The van der Waals surface area contributed by atoms with Crippen molar-refractivity contribution < 1.29 is 0 Å². The lowest BCUT2D eigenvalue weighted by Crippen LogP contribution is -2.19. The molecule has 0 aliphatic carbocycles. The van der Waals surface area contributed by atoms with Crippen molar-refractivity contribution in [2.24, 2.45) is 0 Å². The zero-order valence-electron chi connectivity index (χ0n) is 12.9. The molecule has 2 heteroatoms. The molecule has 0 spiro atoms. The summed E-state index contributed by atoms with van der Waals surface area (Å²) in [6, 6.07) is 20.3. The van der Waals surface area contributed by atoms with Gasteiger partial charge in [0.15, 0.2) is 0 Å². The van der Waals surface area contributed by atoms with E-state index in [2.05, 4.69) is 71.7 Å². The fraction of sp³-hybridized carbons (Fsp3) is 0.368. The fourth-order valence-electron chi connectivity index (χ4n) is 3.13. The van der Waals surface area contributed by atoms with Gasteiger partial charge in [-0.05, 0) is 43.7 Å². The number of benzene rings is 2. The maximum Gasteiger partial charge on any atom is 0.0366 e. The van der Waals surface area contributed by atoms with Gasteiger partial charge in [-0.1, -0.05) is 42.5 Å². The highest BCUT2D eigenvalue weighted by Gasteiger charge is 2.23. The minimum atomic E-state index is 0.412. The molecule has 0 aromatic heterocycles. The monoisotopic (exact) mass is 280 g/mol. The molecule has 1 fully saturated rings. The third-order valence-corrected chi connectivity index (χ3v) is 4.65. The van der Waals surface area contributed by atoms with Crippen LogP contribution in [0.4, 0.5) is 5.69 Å². The van der Waals surface area contributed by atoms with Gasteiger partial charge in [0.05, 0.1) is 0 Å². The Labute approximate surface area is 127 Å². The molecule has 0 amide bonds. The van der Waals surface area contributed by atoms with Crippen molar-refractivity contribution in [1.29, 1.82) is 0 Å². The predicted octanol–water partition coefficient (Wildman–Crippen LogP) is 3.96. The Morgan fingerprint density at radius 3 is 2.43 bits per heavy atom. The van der Waals surface area contributed by atoms with Gasteiger partial charge in [0.2, 0.25) is 0 Å². The van der Waals surface area contributed by atoms with Gasteiger partial charge in [0, 0.05) is 30.7 Å². The van der Waals surface area contributed by atoms with E-state index in [4.69, 9.17) is 0 Å². The van der Waals surface area contributed by atoms with Gasteiger partial charge in [0.25, 0.3) is 0 Å². The first kappa shape index (κ1) is 14.2. The lowest BCUT2D eigenvalue weighted by molar-refractivity contribution is 0.652. The molecule has 2 aromatic rings. The second-order valence-electron chi connectivity index (χ2n) is 5.94. The molecule has 2 nitrogen and oxygen atoms in total. The van der Waals surface area contributed by atoms with Crippen molar-refractivity contribution in [3.8, 4) is 0 Å². The highest BCUT2D eigenvalue weighted by Crippen LogP contribution is 2.31. The van der Waals surface area contributed by atoms with E-state index in [0.29, 0.717) is 12.0 Å². The smallest absolute Gasteiger partial charge is 0.0366 e. The number of nitrogens with one attached hydrogen (secondary N) is 1. The fourth-order valence-corrected chi connectivity index (χ4v) is 3.13. The van der Waals surface area contributed by atoms with Crippen LogP contribution >= 0.6 is 0 Å². The minimum Gasteiger partial charge on any atom is -0.371 e. The zero-order valence-corrected chi connectivity index (χ0v) is 12.9. The van der Waals surface area contributed by atoms with E-state index in [-0.39, 0.29) is 0 Å². The maximum absolute atomic E-state index is 3.29. The first-order chi connectivity index (χ1) is 10.3. The van der Waals surface area contributed by atoms with Crippen LogP contribution in [0.3, 0.4) is 0 Å². The number of hydrogen-bond donors (Lipinski definition) is 1. The summed E-state index contributed by atoms with van der Waals surface area (Å²) < 4.78 is 0. The van der Waals surface area contributed by atoms with Gasteiger partial charge in [-0.15, -0.1) is 0 Å². The first-order valence-electron chi connectivity index (χ1n) is 7.85. The molecule has 110 valence electrons. The predicted molar refractivity (Wildman–Crippen MR) is 89.9 cm³/mol. The molecule has 0 saturated carbocycles. The molecule has 2 aromatic carbocycles. The molecule has 1 aliphatic rings. The van der Waals surface area contributed by atoms with Crippen LogP contribution in [0.5, 0.6) is 0 Å². The summed E-state index contributed by atoms with van der Waals surface area (Å²) in [6.07, 6.45) is 1.25. The Morgan fingerprint density at radius 2 is 1.76 bits per heavy atom. The van der Waals surface area contributed by atoms with Gasteiger partial charge in [-0.25, -0.2) is 0 Å². The molecule has 0 radical (unpaired) electrons. The average molecular weight is 280 g/mol. The number of rotatable bonds is 4. The van der Waals surface area contributed by atoms with E-state index in [1.54, 1.807) is 0 Å². The third kappa shape index (κ3) is 3.11. The summed E-state index contributed by atoms with van der Waals surface area (Å²) in [5, 5.41) is 3.29. The van der Waals surface area contributed by atoms with Crippen LogP contribution in [0.1, 0.15) is 36.4 Å². The maximum atomic E-state index is 3.29. The van der Waals surface area contributed by atoms with Crippen LogP contribution in [0, 0.1) is 0 Å². The molecule has 21 heavy (non-hydrogen) atoms. The molecule has 3 rings (SSSR count). The van der Waals surface area contributed by atoms with Crippen LogP contribution in [0.25, 0.3) is 0 Å². The Morgan fingerprint density at radius 1 is 1.05 bits per heavy atom. The molecule has 2 unspecified atom stereocenters. The van der Waals surface area contributed by atoms with Crippen molar-refractivity contribution in [2.75, 3.05) is 25.0 Å². The molecule has 1 saturated heterocycles. The largest absolute Gasteiger partial charge is 0.371 e. The van der Waals surface area contributed by atoms with Crippen LogP contribution in [0.2, 0.25) is 0 Å². The van der Waals surface area contributed by atoms with Crippen molar-refractivity contribution in [2.45, 2.75) is 25.3 Å². The Kier molecular flexibility index (Phi) is 4.26. The van der Waals surface area contributed by atoms with E-state index < -0.39 is 0 Å². The lowest BCUT2D eigenvalue weighted by atomic mass is 9.99. The second kappa shape index (κ2) is 6.31. The van der Waals surface area contributed by atoms with Crippen LogP contribution in [0.15, 0.2) is 54.6 Å². The normalized spacial score (nSPS) is 19.7. The number of hydrogen-bond acceptors (Lipinski definition) is 2. The van der Waals surface area contributed by atoms with E-state index >= 15 is 0 Å². The number of anilines is 1. The van der Waals surface area contributed by atoms with Crippen molar-refractivity contribution in [1.82, 2.24) is 5.32 Å². The quantitative estimate of drug-likeness (QED) is 0.912.